The molecule has 0 spiro atoms. The summed E-state index contributed by atoms with van der Waals surface area (Å²) >= 11 is 0. The number of carboxylic acids is 1. The smallest absolute Gasteiger partial charge is 0.410 e. The molecule has 0 aromatic rings. The van der Waals surface area contributed by atoms with Gasteiger partial charge in [0.25, 0.3) is 0 Å². The van der Waals surface area contributed by atoms with Crippen LogP contribution in [0.15, 0.2) is 0 Å². The van der Waals surface area contributed by atoms with Crippen molar-refractivity contribution in [2.45, 2.75) is 38.8 Å². The summed E-state index contributed by atoms with van der Waals surface area (Å²) in [7, 11) is 0. The number of carbonyl (C=O) groups is 3. The van der Waals surface area contributed by atoms with Crippen LogP contribution in [-0.2, 0) is 9.53 Å². The number of carbonyl (C=O) groups excluding carboxylic acids is 2. The van der Waals surface area contributed by atoms with E-state index >= 15 is 0 Å². The number of ether oxygens (including phenoxy) is 1. The van der Waals surface area contributed by atoms with Crippen LogP contribution >= 0.6 is 0 Å². The number of urea groups is 1. The summed E-state index contributed by atoms with van der Waals surface area (Å²) in [6.07, 6.45) is -0.439. The monoisotopic (exact) mass is 313 g/mol. The van der Waals surface area contributed by atoms with Crippen LogP contribution in [0.1, 0.15) is 27.2 Å². The van der Waals surface area contributed by atoms with Gasteiger partial charge in [-0.2, -0.15) is 0 Å². The summed E-state index contributed by atoms with van der Waals surface area (Å²) in [6.45, 7) is 7.40. The van der Waals surface area contributed by atoms with Crippen molar-refractivity contribution in [3.63, 3.8) is 0 Å². The third-order valence-electron chi connectivity index (χ3n) is 3.68. The first-order valence-electron chi connectivity index (χ1n) is 7.42. The predicted molar refractivity (Wildman–Crippen MR) is 77.5 cm³/mol. The molecule has 2 saturated heterocycles. The minimum atomic E-state index is -0.923. The third-order valence-corrected chi connectivity index (χ3v) is 3.68. The Hall–Kier alpha value is -1.99. The van der Waals surface area contributed by atoms with Crippen molar-refractivity contribution in [3.8, 4) is 0 Å². The van der Waals surface area contributed by atoms with E-state index < -0.39 is 11.6 Å². The number of amides is 3. The van der Waals surface area contributed by atoms with Gasteiger partial charge in [0.2, 0.25) is 0 Å². The average Bonchev–Trinajstić information content (AvgIpc) is 2.70. The van der Waals surface area contributed by atoms with E-state index in [1.54, 1.807) is 9.80 Å². The molecule has 8 heteroatoms. The topological polar surface area (TPSA) is 90.4 Å². The number of nitrogens with zero attached hydrogens (tertiary/aromatic N) is 3. The van der Waals surface area contributed by atoms with Gasteiger partial charge in [0.1, 0.15) is 5.60 Å². The van der Waals surface area contributed by atoms with Crippen LogP contribution < -0.4 is 0 Å². The van der Waals surface area contributed by atoms with E-state index in [2.05, 4.69) is 0 Å². The van der Waals surface area contributed by atoms with E-state index in [1.807, 2.05) is 20.8 Å². The first-order valence-corrected chi connectivity index (χ1v) is 7.42. The Bertz CT molecular complexity index is 474. The summed E-state index contributed by atoms with van der Waals surface area (Å²) in [4.78, 5) is 39.8. The average molecular weight is 313 g/mol. The normalized spacial score (nSPS) is 21.9. The number of rotatable bonds is 3. The Kier molecular flexibility index (Phi) is 4.48. The maximum absolute atomic E-state index is 12.2. The largest absolute Gasteiger partial charge is 0.481 e. The van der Waals surface area contributed by atoms with Gasteiger partial charge >= 0.3 is 18.1 Å². The maximum Gasteiger partial charge on any atom is 0.410 e. The second-order valence-electron chi connectivity index (χ2n) is 6.65. The second kappa shape index (κ2) is 6.02. The van der Waals surface area contributed by atoms with Crippen molar-refractivity contribution >= 4 is 18.1 Å². The molecule has 3 amide bonds. The van der Waals surface area contributed by atoms with Gasteiger partial charge in [0, 0.05) is 32.7 Å². The molecular weight excluding hydrogens is 290 g/mol. The molecule has 2 aliphatic rings. The van der Waals surface area contributed by atoms with Gasteiger partial charge in [-0.3, -0.25) is 4.79 Å². The Morgan fingerprint density at radius 2 is 1.95 bits per heavy atom. The Morgan fingerprint density at radius 3 is 2.55 bits per heavy atom. The Morgan fingerprint density at radius 1 is 1.27 bits per heavy atom. The van der Waals surface area contributed by atoms with Gasteiger partial charge in [-0.05, 0) is 20.8 Å². The minimum Gasteiger partial charge on any atom is -0.481 e. The van der Waals surface area contributed by atoms with Gasteiger partial charge in [0.05, 0.1) is 12.5 Å². The highest BCUT2D eigenvalue weighted by Crippen LogP contribution is 2.22. The summed E-state index contributed by atoms with van der Waals surface area (Å²) in [5, 5.41) is 8.72. The molecule has 0 bridgehead atoms. The first kappa shape index (κ1) is 16.4. The van der Waals surface area contributed by atoms with Crippen molar-refractivity contribution in [2.24, 2.45) is 0 Å². The van der Waals surface area contributed by atoms with Crippen LogP contribution in [0.4, 0.5) is 9.59 Å². The summed E-state index contributed by atoms with van der Waals surface area (Å²) < 4.78 is 5.35. The van der Waals surface area contributed by atoms with E-state index in [4.69, 9.17) is 9.84 Å². The molecular formula is C14H23N3O5. The molecule has 0 saturated carbocycles. The highest BCUT2D eigenvalue weighted by molar-refractivity contribution is 5.79. The highest BCUT2D eigenvalue weighted by Gasteiger charge is 2.42. The zero-order valence-electron chi connectivity index (χ0n) is 13.2. The van der Waals surface area contributed by atoms with E-state index in [0.29, 0.717) is 26.2 Å². The molecule has 0 radical (unpaired) electrons. The van der Waals surface area contributed by atoms with Crippen LogP contribution in [0.2, 0.25) is 0 Å². The third kappa shape index (κ3) is 3.80. The van der Waals surface area contributed by atoms with Crippen LogP contribution in [0, 0.1) is 0 Å². The predicted octanol–water partition coefficient (Wildman–Crippen LogP) is 0.818. The van der Waals surface area contributed by atoms with Crippen LogP contribution in [0.5, 0.6) is 0 Å². The lowest BCUT2D eigenvalue weighted by molar-refractivity contribution is -0.137. The number of hydrogen-bond acceptors (Lipinski definition) is 4. The molecule has 22 heavy (non-hydrogen) atoms. The summed E-state index contributed by atoms with van der Waals surface area (Å²) in [5.41, 5.74) is -0.548. The molecule has 2 rings (SSSR count). The molecule has 1 N–H and O–H groups in total. The van der Waals surface area contributed by atoms with Crippen LogP contribution in [-0.4, -0.2) is 82.3 Å². The summed E-state index contributed by atoms with van der Waals surface area (Å²) in [5.74, 6) is -0.923. The Balaban J connectivity index is 1.92. The van der Waals surface area contributed by atoms with Crippen molar-refractivity contribution in [3.05, 3.63) is 0 Å². The van der Waals surface area contributed by atoms with E-state index in [1.165, 1.54) is 4.90 Å². The molecule has 2 fully saturated rings. The van der Waals surface area contributed by atoms with Crippen molar-refractivity contribution in [1.29, 1.82) is 0 Å². The molecule has 0 unspecified atom stereocenters. The van der Waals surface area contributed by atoms with Gasteiger partial charge in [-0.25, -0.2) is 9.59 Å². The van der Waals surface area contributed by atoms with Crippen molar-refractivity contribution in [1.82, 2.24) is 14.7 Å². The number of piperazine rings is 1. The number of aliphatic carboxylic acids is 1. The fourth-order valence-electron chi connectivity index (χ4n) is 2.69. The first-order chi connectivity index (χ1) is 10.2. The van der Waals surface area contributed by atoms with E-state index in [0.717, 1.165) is 0 Å². The Labute approximate surface area is 129 Å². The van der Waals surface area contributed by atoms with E-state index in [-0.39, 0.29) is 31.1 Å². The van der Waals surface area contributed by atoms with Crippen molar-refractivity contribution < 1.29 is 24.2 Å². The lowest BCUT2D eigenvalue weighted by Crippen LogP contribution is -2.54. The molecule has 8 nitrogen and oxygen atoms in total. The van der Waals surface area contributed by atoms with Crippen LogP contribution in [0.3, 0.4) is 0 Å². The standard InChI is InChI=1S/C14H23N3O5/c1-14(2,3)22-13(21)16-6-7-17-10(9-16)8-15(12(17)20)5-4-11(18)19/h10H,4-9H2,1-3H3,(H,18,19)/t10-/m1/s1. The maximum atomic E-state index is 12.2. The fraction of sp³-hybridized carbons (Fsp3) is 0.786. The molecule has 2 heterocycles. The highest BCUT2D eigenvalue weighted by atomic mass is 16.6. The van der Waals surface area contributed by atoms with Gasteiger partial charge in [0.15, 0.2) is 0 Å². The zero-order valence-corrected chi connectivity index (χ0v) is 13.2. The van der Waals surface area contributed by atoms with Crippen LogP contribution in [0.25, 0.3) is 0 Å². The quantitative estimate of drug-likeness (QED) is 0.833. The van der Waals surface area contributed by atoms with Gasteiger partial charge < -0.3 is 24.5 Å². The van der Waals surface area contributed by atoms with Gasteiger partial charge in [-0.1, -0.05) is 0 Å². The molecule has 124 valence electrons. The summed E-state index contributed by atoms with van der Waals surface area (Å²) in [6, 6.07) is -0.238. The molecule has 0 aromatic heterocycles. The number of carboxylic acid groups (broad SMARTS) is 1. The lowest BCUT2D eigenvalue weighted by atomic mass is 10.2. The zero-order chi connectivity index (χ0) is 16.5. The van der Waals surface area contributed by atoms with Gasteiger partial charge in [-0.15, -0.1) is 0 Å². The molecule has 1 atom stereocenters. The second-order valence-corrected chi connectivity index (χ2v) is 6.65. The molecule has 0 aliphatic carbocycles. The number of fused-ring (bicyclic) bond motifs is 1. The lowest BCUT2D eigenvalue weighted by Gasteiger charge is -2.37. The van der Waals surface area contributed by atoms with Crippen molar-refractivity contribution in [2.75, 3.05) is 32.7 Å². The SMILES string of the molecule is CC(C)(C)OC(=O)N1CCN2C(=O)N(CCC(=O)O)C[C@@H]2C1. The molecule has 2 aliphatic heterocycles. The minimum absolute atomic E-state index is 0.0674. The fourth-order valence-corrected chi connectivity index (χ4v) is 2.69. The molecule has 0 aromatic carbocycles. The van der Waals surface area contributed by atoms with E-state index in [9.17, 15) is 14.4 Å². The number of hydrogen-bond donors (Lipinski definition) is 1.